The van der Waals surface area contributed by atoms with Crippen LogP contribution in [0.15, 0.2) is 30.3 Å². The number of nitrogens with two attached hydrogens (primary N) is 1. The van der Waals surface area contributed by atoms with Gasteiger partial charge in [0, 0.05) is 26.2 Å². The second-order valence-electron chi connectivity index (χ2n) is 4.83. The van der Waals surface area contributed by atoms with Crippen LogP contribution in [0.25, 0.3) is 0 Å². The number of hydrazine groups is 1. The van der Waals surface area contributed by atoms with E-state index in [0.717, 1.165) is 17.4 Å². The van der Waals surface area contributed by atoms with Gasteiger partial charge < -0.3 is 15.2 Å². The molecule has 3 rings (SSSR count). The summed E-state index contributed by atoms with van der Waals surface area (Å²) in [5.74, 6) is 3.56. The molecule has 0 amide bonds. The minimum absolute atomic E-state index is 0.0601. The zero-order valence-corrected chi connectivity index (χ0v) is 11.5. The maximum Gasteiger partial charge on any atom is 0.178 e. The number of nitrogens with one attached hydrogen (secondary N) is 1. The summed E-state index contributed by atoms with van der Waals surface area (Å²) in [6, 6.07) is 8.41. The summed E-state index contributed by atoms with van der Waals surface area (Å²) in [4.78, 5) is 7.77. The van der Waals surface area contributed by atoms with E-state index in [-0.39, 0.29) is 11.6 Å². The molecule has 0 unspecified atom stereocenters. The molecule has 0 radical (unpaired) electrons. The second kappa shape index (κ2) is 5.17. The maximum absolute atomic E-state index is 14.1. The van der Waals surface area contributed by atoms with Gasteiger partial charge >= 0.3 is 0 Å². The lowest BCUT2D eigenvalue weighted by molar-refractivity contribution is 0.573. The minimum atomic E-state index is -0.818. The van der Waals surface area contributed by atoms with E-state index in [1.54, 1.807) is 4.90 Å². The zero-order chi connectivity index (χ0) is 15.0. The summed E-state index contributed by atoms with van der Waals surface area (Å²) in [5.41, 5.74) is 3.94. The van der Waals surface area contributed by atoms with Crippen molar-refractivity contribution in [1.29, 1.82) is 0 Å². The molecule has 2 aromatic rings. The molecule has 0 bridgehead atoms. The Labute approximate surface area is 121 Å². The Bertz CT molecular complexity index is 676. The molecule has 110 valence electrons. The van der Waals surface area contributed by atoms with Gasteiger partial charge in [0.2, 0.25) is 0 Å². The molecule has 1 aromatic heterocycles. The number of nitrogens with zero attached hydrogens (tertiary/aromatic N) is 3. The Morgan fingerprint density at radius 1 is 1.14 bits per heavy atom. The number of benzene rings is 1. The summed E-state index contributed by atoms with van der Waals surface area (Å²) < 4.78 is 27.6. The zero-order valence-electron chi connectivity index (χ0n) is 11.5. The molecule has 0 fully saturated rings. The van der Waals surface area contributed by atoms with Crippen LogP contribution in [0.5, 0.6) is 0 Å². The highest BCUT2D eigenvalue weighted by Crippen LogP contribution is 2.37. The van der Waals surface area contributed by atoms with Gasteiger partial charge in [0.25, 0.3) is 0 Å². The predicted octanol–water partition coefficient (Wildman–Crippen LogP) is 2.23. The number of hydrogen-bond acceptors (Lipinski definition) is 5. The quantitative estimate of drug-likeness (QED) is 0.656. The van der Waals surface area contributed by atoms with E-state index in [9.17, 15) is 8.78 Å². The lowest BCUT2D eigenvalue weighted by Gasteiger charge is -2.36. The summed E-state index contributed by atoms with van der Waals surface area (Å²) in [7, 11) is 1.97. The van der Waals surface area contributed by atoms with Crippen LogP contribution in [0.2, 0.25) is 0 Å². The van der Waals surface area contributed by atoms with Gasteiger partial charge in [-0.3, -0.25) is 0 Å². The third-order valence-corrected chi connectivity index (χ3v) is 3.55. The lowest BCUT2D eigenvalue weighted by atomic mass is 10.1. The number of hydrogen-bond donors (Lipinski definition) is 2. The van der Waals surface area contributed by atoms with Crippen LogP contribution in [0.3, 0.4) is 0 Å². The molecule has 0 spiro atoms. The summed E-state index contributed by atoms with van der Waals surface area (Å²) in [6.07, 6.45) is 0. The molecule has 0 saturated carbocycles. The molecule has 5 nitrogen and oxygen atoms in total. The lowest BCUT2D eigenvalue weighted by Crippen LogP contribution is -2.37. The number of halogens is 2. The van der Waals surface area contributed by atoms with Crippen LogP contribution in [0.4, 0.5) is 31.8 Å². The summed E-state index contributed by atoms with van der Waals surface area (Å²) >= 11 is 0. The topological polar surface area (TPSA) is 57.4 Å². The standard InChI is InChI=1S/C14H15F2N5/c1-20-6-7-21(12-5-3-2-4-11(12)20)14-10(16)8-9(15)13(18-14)19-17/h2-5,8H,6-7,17H2,1H3,(H,18,19). The Morgan fingerprint density at radius 3 is 2.57 bits per heavy atom. The molecular formula is C14H15F2N5. The average molecular weight is 291 g/mol. The number of fused-ring (bicyclic) bond motifs is 1. The van der Waals surface area contributed by atoms with E-state index in [2.05, 4.69) is 15.3 Å². The van der Waals surface area contributed by atoms with Gasteiger partial charge in [0.15, 0.2) is 23.3 Å². The SMILES string of the molecule is CN1CCN(c2nc(NN)c(F)cc2F)c2ccccc21. The molecule has 2 heterocycles. The van der Waals surface area contributed by atoms with Crippen molar-refractivity contribution in [2.24, 2.45) is 5.84 Å². The number of rotatable bonds is 2. The fourth-order valence-corrected chi connectivity index (χ4v) is 2.47. The second-order valence-corrected chi connectivity index (χ2v) is 4.83. The van der Waals surface area contributed by atoms with Gasteiger partial charge in [0.05, 0.1) is 11.4 Å². The summed E-state index contributed by atoms with van der Waals surface area (Å²) in [6.45, 7) is 1.26. The molecule has 1 aromatic carbocycles. The minimum Gasteiger partial charge on any atom is -0.371 e. The van der Waals surface area contributed by atoms with Crippen molar-refractivity contribution in [1.82, 2.24) is 4.98 Å². The van der Waals surface area contributed by atoms with Gasteiger partial charge in [-0.1, -0.05) is 12.1 Å². The normalized spacial score (nSPS) is 14.1. The molecule has 7 heteroatoms. The highest BCUT2D eigenvalue weighted by atomic mass is 19.1. The van der Waals surface area contributed by atoms with E-state index in [1.807, 2.05) is 31.3 Å². The first-order chi connectivity index (χ1) is 10.1. The van der Waals surface area contributed by atoms with Gasteiger partial charge in [-0.2, -0.15) is 0 Å². The number of aromatic nitrogens is 1. The highest BCUT2D eigenvalue weighted by molar-refractivity contribution is 5.78. The number of pyridine rings is 1. The molecular weight excluding hydrogens is 276 g/mol. The molecule has 1 aliphatic rings. The van der Waals surface area contributed by atoms with Crippen LogP contribution in [-0.4, -0.2) is 25.1 Å². The van der Waals surface area contributed by atoms with Gasteiger partial charge in [-0.05, 0) is 12.1 Å². The fourth-order valence-electron chi connectivity index (χ4n) is 2.47. The van der Waals surface area contributed by atoms with Crippen molar-refractivity contribution in [2.75, 3.05) is 35.4 Å². The molecule has 21 heavy (non-hydrogen) atoms. The third kappa shape index (κ3) is 2.25. The van der Waals surface area contributed by atoms with E-state index in [0.29, 0.717) is 13.1 Å². The number of anilines is 4. The van der Waals surface area contributed by atoms with Crippen molar-refractivity contribution in [3.8, 4) is 0 Å². The largest absolute Gasteiger partial charge is 0.371 e. The smallest absolute Gasteiger partial charge is 0.178 e. The van der Waals surface area contributed by atoms with Gasteiger partial charge in [-0.15, -0.1) is 0 Å². The number of para-hydroxylation sites is 2. The molecule has 3 N–H and O–H groups in total. The average Bonchev–Trinajstić information content (AvgIpc) is 2.49. The number of likely N-dealkylation sites (N-methyl/N-ethyl adjacent to an activating group) is 1. The molecule has 0 saturated heterocycles. The monoisotopic (exact) mass is 291 g/mol. The van der Waals surface area contributed by atoms with Crippen LogP contribution >= 0.6 is 0 Å². The van der Waals surface area contributed by atoms with Crippen LogP contribution < -0.4 is 21.1 Å². The van der Waals surface area contributed by atoms with Gasteiger partial charge in [0.1, 0.15) is 0 Å². The van der Waals surface area contributed by atoms with E-state index in [1.165, 1.54) is 0 Å². The van der Waals surface area contributed by atoms with Crippen molar-refractivity contribution in [2.45, 2.75) is 0 Å². The Hall–Kier alpha value is -2.41. The number of nitrogen functional groups attached to an aromatic ring is 1. The van der Waals surface area contributed by atoms with Crippen LogP contribution in [0.1, 0.15) is 0 Å². The highest BCUT2D eigenvalue weighted by Gasteiger charge is 2.25. The third-order valence-electron chi connectivity index (χ3n) is 3.55. The van der Waals surface area contributed by atoms with Crippen LogP contribution in [-0.2, 0) is 0 Å². The van der Waals surface area contributed by atoms with Crippen LogP contribution in [0, 0.1) is 11.6 Å². The first kappa shape index (κ1) is 13.6. The summed E-state index contributed by atoms with van der Waals surface area (Å²) in [5, 5.41) is 0. The first-order valence-corrected chi connectivity index (χ1v) is 6.52. The van der Waals surface area contributed by atoms with Crippen molar-refractivity contribution < 1.29 is 8.78 Å². The molecule has 1 aliphatic heterocycles. The van der Waals surface area contributed by atoms with E-state index >= 15 is 0 Å². The van der Waals surface area contributed by atoms with E-state index in [4.69, 9.17) is 5.84 Å². The first-order valence-electron chi connectivity index (χ1n) is 6.52. The van der Waals surface area contributed by atoms with Crippen molar-refractivity contribution in [3.63, 3.8) is 0 Å². The Kier molecular flexibility index (Phi) is 3.34. The van der Waals surface area contributed by atoms with Crippen molar-refractivity contribution in [3.05, 3.63) is 42.0 Å². The van der Waals surface area contributed by atoms with E-state index < -0.39 is 11.6 Å². The van der Waals surface area contributed by atoms with Gasteiger partial charge in [-0.25, -0.2) is 19.6 Å². The molecule has 0 atom stereocenters. The molecule has 0 aliphatic carbocycles. The van der Waals surface area contributed by atoms with Crippen molar-refractivity contribution >= 4 is 23.0 Å². The fraction of sp³-hybridized carbons (Fsp3) is 0.214. The predicted molar refractivity (Wildman–Crippen MR) is 78.7 cm³/mol. The Balaban J connectivity index is 2.12. The maximum atomic E-state index is 14.1. The Morgan fingerprint density at radius 2 is 1.86 bits per heavy atom.